The molecule has 10 heavy (non-hydrogen) atoms. The quantitative estimate of drug-likeness (QED) is 0.371. The summed E-state index contributed by atoms with van der Waals surface area (Å²) in [6, 6.07) is 0. The minimum Gasteiger partial charge on any atom is -0.414 e. The van der Waals surface area contributed by atoms with Gasteiger partial charge < -0.3 is 14.6 Å². The molecule has 1 aliphatic heterocycles. The zero-order chi connectivity index (χ0) is 7.72. The topological polar surface area (TPSA) is 72.8 Å². The molecule has 0 bridgehead atoms. The average Bonchev–Trinajstić information content (AvgIpc) is 2.13. The number of rotatable bonds is 1. The first-order chi connectivity index (χ1) is 4.61. The summed E-state index contributed by atoms with van der Waals surface area (Å²) in [5.74, 6) is -2.10. The molecular weight excluding hydrogens is 140 g/mol. The van der Waals surface area contributed by atoms with E-state index < -0.39 is 24.3 Å². The molecule has 0 aromatic carbocycles. The van der Waals surface area contributed by atoms with E-state index in [-0.39, 0.29) is 0 Å². The number of hydrogen-bond donors (Lipinski definition) is 1. The fraction of sp³-hybridized carbons (Fsp3) is 0.600. The molecule has 0 aromatic heterocycles. The maximum Gasteiger partial charge on any atom is 0.420 e. The second-order valence-electron chi connectivity index (χ2n) is 1.92. The van der Waals surface area contributed by atoms with Crippen LogP contribution < -0.4 is 0 Å². The van der Waals surface area contributed by atoms with Crippen LogP contribution in [0.3, 0.4) is 0 Å². The van der Waals surface area contributed by atoms with E-state index in [1.165, 1.54) is 6.92 Å². The maximum atomic E-state index is 10.3. The Kier molecular flexibility index (Phi) is 1.58. The molecule has 0 aliphatic carbocycles. The van der Waals surface area contributed by atoms with Crippen molar-refractivity contribution in [2.24, 2.45) is 0 Å². The van der Waals surface area contributed by atoms with Gasteiger partial charge in [-0.1, -0.05) is 0 Å². The molecule has 0 amide bonds. The second-order valence-corrected chi connectivity index (χ2v) is 1.92. The summed E-state index contributed by atoms with van der Waals surface area (Å²) in [4.78, 5) is 20.6. The molecule has 1 heterocycles. The van der Waals surface area contributed by atoms with Crippen LogP contribution in [-0.2, 0) is 19.1 Å². The minimum atomic E-state index is -1.13. The van der Waals surface area contributed by atoms with Crippen LogP contribution in [0.5, 0.6) is 0 Å². The highest BCUT2D eigenvalue weighted by Gasteiger charge is 2.36. The van der Waals surface area contributed by atoms with Crippen LogP contribution in [0.15, 0.2) is 0 Å². The van der Waals surface area contributed by atoms with E-state index in [1.54, 1.807) is 0 Å². The Morgan fingerprint density at radius 3 is 2.00 bits per heavy atom. The Hall–Kier alpha value is -1.10. The van der Waals surface area contributed by atoms with E-state index in [0.717, 1.165) is 0 Å². The standard InChI is InChI=1S/C5H6O5/c1-2(6)5-9-3(7)4(8)10-5/h2,5-6H,1H3/t2-/m0/s1. The third-order valence-corrected chi connectivity index (χ3v) is 1.01. The van der Waals surface area contributed by atoms with Gasteiger partial charge in [0.1, 0.15) is 6.10 Å². The summed E-state index contributed by atoms with van der Waals surface area (Å²) in [7, 11) is 0. The molecule has 1 fully saturated rings. The first kappa shape index (κ1) is 7.01. The van der Waals surface area contributed by atoms with Crippen LogP contribution in [0, 0.1) is 0 Å². The van der Waals surface area contributed by atoms with Crippen LogP contribution in [0.2, 0.25) is 0 Å². The Bertz CT molecular complexity index is 157. The number of carbonyl (C=O) groups excluding carboxylic acids is 2. The average molecular weight is 146 g/mol. The number of hydrogen-bond acceptors (Lipinski definition) is 5. The minimum absolute atomic E-state index is 0.976. The van der Waals surface area contributed by atoms with Crippen LogP contribution in [0.4, 0.5) is 0 Å². The highest BCUT2D eigenvalue weighted by Crippen LogP contribution is 2.09. The lowest BCUT2D eigenvalue weighted by Crippen LogP contribution is -2.23. The molecule has 0 radical (unpaired) electrons. The predicted molar refractivity (Wildman–Crippen MR) is 27.7 cm³/mol. The molecule has 1 aliphatic rings. The maximum absolute atomic E-state index is 10.3. The molecule has 1 rings (SSSR count). The molecule has 0 saturated carbocycles. The lowest BCUT2D eigenvalue weighted by Gasteiger charge is -2.08. The van der Waals surface area contributed by atoms with Crippen molar-refractivity contribution >= 4 is 11.9 Å². The first-order valence-corrected chi connectivity index (χ1v) is 2.71. The zero-order valence-electron chi connectivity index (χ0n) is 5.23. The van der Waals surface area contributed by atoms with Crippen LogP contribution in [0.25, 0.3) is 0 Å². The van der Waals surface area contributed by atoms with Gasteiger partial charge in [0.05, 0.1) is 0 Å². The van der Waals surface area contributed by atoms with E-state index in [1.807, 2.05) is 0 Å². The lowest BCUT2D eigenvalue weighted by atomic mass is 10.4. The molecule has 1 saturated heterocycles. The number of aliphatic hydroxyl groups excluding tert-OH is 1. The Labute approximate surface area is 56.5 Å². The van der Waals surface area contributed by atoms with Gasteiger partial charge in [0.2, 0.25) is 0 Å². The number of aliphatic hydroxyl groups is 1. The summed E-state index contributed by atoms with van der Waals surface area (Å²) < 4.78 is 8.55. The van der Waals surface area contributed by atoms with Crippen molar-refractivity contribution in [3.05, 3.63) is 0 Å². The van der Waals surface area contributed by atoms with Crippen molar-refractivity contribution in [3.63, 3.8) is 0 Å². The molecular formula is C5H6O5. The van der Waals surface area contributed by atoms with Crippen molar-refractivity contribution in [3.8, 4) is 0 Å². The number of esters is 2. The van der Waals surface area contributed by atoms with E-state index >= 15 is 0 Å². The van der Waals surface area contributed by atoms with Gasteiger partial charge in [-0.15, -0.1) is 0 Å². The van der Waals surface area contributed by atoms with Gasteiger partial charge in [-0.05, 0) is 6.92 Å². The van der Waals surface area contributed by atoms with Gasteiger partial charge in [0, 0.05) is 0 Å². The normalized spacial score (nSPS) is 22.2. The fourth-order valence-electron chi connectivity index (χ4n) is 0.528. The van der Waals surface area contributed by atoms with Gasteiger partial charge >= 0.3 is 11.9 Å². The highest BCUT2D eigenvalue weighted by molar-refractivity contribution is 6.30. The first-order valence-electron chi connectivity index (χ1n) is 2.71. The zero-order valence-corrected chi connectivity index (χ0v) is 5.23. The number of cyclic esters (lactones) is 2. The Balaban J connectivity index is 2.57. The summed E-state index contributed by atoms with van der Waals surface area (Å²) in [5, 5.41) is 8.73. The Morgan fingerprint density at radius 2 is 1.80 bits per heavy atom. The smallest absolute Gasteiger partial charge is 0.414 e. The second kappa shape index (κ2) is 2.26. The van der Waals surface area contributed by atoms with E-state index in [4.69, 9.17) is 5.11 Å². The molecule has 0 aromatic rings. The molecule has 0 unspecified atom stereocenters. The van der Waals surface area contributed by atoms with Gasteiger partial charge in [-0.2, -0.15) is 0 Å². The summed E-state index contributed by atoms with van der Waals surface area (Å²) >= 11 is 0. The lowest BCUT2D eigenvalue weighted by molar-refractivity contribution is -0.155. The summed E-state index contributed by atoms with van der Waals surface area (Å²) in [6.45, 7) is 1.36. The van der Waals surface area contributed by atoms with Crippen molar-refractivity contribution < 1.29 is 24.2 Å². The molecule has 1 atom stereocenters. The third-order valence-electron chi connectivity index (χ3n) is 1.01. The molecule has 1 N–H and O–H groups in total. The predicted octanol–water partition coefficient (Wildman–Crippen LogP) is -1.21. The summed E-state index contributed by atoms with van der Waals surface area (Å²) in [6.07, 6.45) is -2.10. The monoisotopic (exact) mass is 146 g/mol. The fourth-order valence-corrected chi connectivity index (χ4v) is 0.528. The molecule has 5 heteroatoms. The van der Waals surface area contributed by atoms with E-state index in [2.05, 4.69) is 9.47 Å². The third kappa shape index (κ3) is 1.08. The van der Waals surface area contributed by atoms with Crippen molar-refractivity contribution in [2.75, 3.05) is 0 Å². The van der Waals surface area contributed by atoms with Gasteiger partial charge in [-0.25, -0.2) is 9.59 Å². The number of ether oxygens (including phenoxy) is 2. The van der Waals surface area contributed by atoms with Crippen LogP contribution >= 0.6 is 0 Å². The largest absolute Gasteiger partial charge is 0.420 e. The van der Waals surface area contributed by atoms with E-state index in [9.17, 15) is 9.59 Å². The van der Waals surface area contributed by atoms with Gasteiger partial charge in [0.15, 0.2) is 0 Å². The SMILES string of the molecule is C[C@H](O)C1OC(=O)C(=O)O1. The van der Waals surface area contributed by atoms with Crippen molar-refractivity contribution in [1.82, 2.24) is 0 Å². The van der Waals surface area contributed by atoms with Gasteiger partial charge in [-0.3, -0.25) is 0 Å². The highest BCUT2D eigenvalue weighted by atomic mass is 16.8. The van der Waals surface area contributed by atoms with Crippen LogP contribution in [-0.4, -0.2) is 29.4 Å². The molecule has 5 nitrogen and oxygen atoms in total. The molecule has 56 valence electrons. The summed E-state index contributed by atoms with van der Waals surface area (Å²) in [5.41, 5.74) is 0. The van der Waals surface area contributed by atoms with Crippen molar-refractivity contribution in [1.29, 1.82) is 0 Å². The van der Waals surface area contributed by atoms with Crippen molar-refractivity contribution in [2.45, 2.75) is 19.3 Å². The van der Waals surface area contributed by atoms with E-state index in [0.29, 0.717) is 0 Å². The van der Waals surface area contributed by atoms with Crippen LogP contribution in [0.1, 0.15) is 6.92 Å². The Morgan fingerprint density at radius 1 is 1.40 bits per heavy atom. The number of carbonyl (C=O) groups is 2. The molecule has 0 spiro atoms. The van der Waals surface area contributed by atoms with Gasteiger partial charge in [0.25, 0.3) is 6.29 Å².